The number of fused-ring (bicyclic) bond motifs is 1. The van der Waals surface area contributed by atoms with Gasteiger partial charge in [0.15, 0.2) is 5.54 Å². The van der Waals surface area contributed by atoms with E-state index in [1.54, 1.807) is 24.3 Å². The van der Waals surface area contributed by atoms with Crippen molar-refractivity contribution in [3.63, 3.8) is 0 Å². The average molecular weight is 191 g/mol. The third-order valence-electron chi connectivity index (χ3n) is 2.50. The van der Waals surface area contributed by atoms with Gasteiger partial charge in [0.25, 0.3) is 5.91 Å². The number of nitrogens with one attached hydrogen (secondary N) is 1. The van der Waals surface area contributed by atoms with Gasteiger partial charge in [-0.2, -0.15) is 0 Å². The SMILES string of the molecule is CC1(C(=O)O)NC(=O)c2ccccc21. The highest BCUT2D eigenvalue weighted by molar-refractivity contribution is 6.05. The van der Waals surface area contributed by atoms with Crippen LogP contribution < -0.4 is 5.32 Å². The standard InChI is InChI=1S/C10H9NO3/c1-10(9(13)14)7-5-3-2-4-6(7)8(12)11-10/h2-5H,1H3,(H,11,12)(H,13,14). The number of hydrogen-bond donors (Lipinski definition) is 2. The molecule has 1 atom stereocenters. The molecule has 2 rings (SSSR count). The van der Waals surface area contributed by atoms with Crippen molar-refractivity contribution in [3.05, 3.63) is 35.4 Å². The lowest BCUT2D eigenvalue weighted by atomic mass is 9.93. The van der Waals surface area contributed by atoms with Gasteiger partial charge in [0.05, 0.1) is 0 Å². The van der Waals surface area contributed by atoms with E-state index in [0.29, 0.717) is 11.1 Å². The normalized spacial score (nSPS) is 24.2. The molecule has 0 saturated carbocycles. The third kappa shape index (κ3) is 0.937. The Balaban J connectivity index is 2.65. The Morgan fingerprint density at radius 2 is 2.07 bits per heavy atom. The van der Waals surface area contributed by atoms with Gasteiger partial charge in [-0.15, -0.1) is 0 Å². The maximum absolute atomic E-state index is 11.4. The van der Waals surface area contributed by atoms with Crippen LogP contribution in [0.2, 0.25) is 0 Å². The van der Waals surface area contributed by atoms with Crippen molar-refractivity contribution < 1.29 is 14.7 Å². The summed E-state index contributed by atoms with van der Waals surface area (Å²) in [7, 11) is 0. The molecular weight excluding hydrogens is 182 g/mol. The first-order valence-electron chi connectivity index (χ1n) is 4.21. The lowest BCUT2D eigenvalue weighted by molar-refractivity contribution is -0.143. The zero-order valence-electron chi connectivity index (χ0n) is 7.57. The first-order chi connectivity index (χ1) is 6.55. The average Bonchev–Trinajstić information content (AvgIpc) is 2.42. The number of carboxylic acids is 1. The summed E-state index contributed by atoms with van der Waals surface area (Å²) in [4.78, 5) is 22.4. The number of benzene rings is 1. The molecule has 1 aliphatic heterocycles. The monoisotopic (exact) mass is 191 g/mol. The number of carbonyl (C=O) groups excluding carboxylic acids is 1. The summed E-state index contributed by atoms with van der Waals surface area (Å²) >= 11 is 0. The molecule has 0 aliphatic carbocycles. The molecule has 0 spiro atoms. The number of hydrogen-bond acceptors (Lipinski definition) is 2. The van der Waals surface area contributed by atoms with Gasteiger partial charge in [0.2, 0.25) is 0 Å². The quantitative estimate of drug-likeness (QED) is 0.687. The first-order valence-corrected chi connectivity index (χ1v) is 4.21. The van der Waals surface area contributed by atoms with Crippen molar-refractivity contribution in [1.82, 2.24) is 5.32 Å². The number of rotatable bonds is 1. The Kier molecular flexibility index (Phi) is 1.61. The third-order valence-corrected chi connectivity index (χ3v) is 2.50. The van der Waals surface area contributed by atoms with E-state index >= 15 is 0 Å². The molecule has 14 heavy (non-hydrogen) atoms. The highest BCUT2D eigenvalue weighted by Crippen LogP contribution is 2.30. The van der Waals surface area contributed by atoms with E-state index in [1.165, 1.54) is 6.92 Å². The minimum atomic E-state index is -1.28. The van der Waals surface area contributed by atoms with E-state index in [2.05, 4.69) is 5.32 Å². The van der Waals surface area contributed by atoms with Crippen molar-refractivity contribution in [3.8, 4) is 0 Å². The fourth-order valence-corrected chi connectivity index (χ4v) is 1.65. The molecule has 1 heterocycles. The summed E-state index contributed by atoms with van der Waals surface area (Å²) in [5.74, 6) is -1.37. The summed E-state index contributed by atoms with van der Waals surface area (Å²) in [6, 6.07) is 6.71. The predicted molar refractivity (Wildman–Crippen MR) is 48.9 cm³/mol. The molecule has 1 aliphatic rings. The van der Waals surface area contributed by atoms with E-state index in [-0.39, 0.29) is 5.91 Å². The van der Waals surface area contributed by atoms with Crippen molar-refractivity contribution in [2.24, 2.45) is 0 Å². The Hall–Kier alpha value is -1.84. The zero-order chi connectivity index (χ0) is 10.3. The van der Waals surface area contributed by atoms with Gasteiger partial charge in [-0.05, 0) is 13.0 Å². The van der Waals surface area contributed by atoms with Gasteiger partial charge in [-0.1, -0.05) is 18.2 Å². The van der Waals surface area contributed by atoms with Crippen LogP contribution in [0.5, 0.6) is 0 Å². The highest BCUT2D eigenvalue weighted by atomic mass is 16.4. The summed E-state index contributed by atoms with van der Waals surface area (Å²) < 4.78 is 0. The van der Waals surface area contributed by atoms with Crippen LogP contribution in [-0.4, -0.2) is 17.0 Å². The van der Waals surface area contributed by atoms with E-state index < -0.39 is 11.5 Å². The minimum absolute atomic E-state index is 0.328. The fourth-order valence-electron chi connectivity index (χ4n) is 1.65. The number of carbonyl (C=O) groups is 2. The lowest BCUT2D eigenvalue weighted by Gasteiger charge is -2.19. The largest absolute Gasteiger partial charge is 0.479 e. The Labute approximate surface area is 80.6 Å². The lowest BCUT2D eigenvalue weighted by Crippen LogP contribution is -2.43. The van der Waals surface area contributed by atoms with E-state index in [9.17, 15) is 9.59 Å². The van der Waals surface area contributed by atoms with Gasteiger partial charge in [0.1, 0.15) is 0 Å². The summed E-state index contributed by atoms with van der Waals surface area (Å²) in [6.07, 6.45) is 0. The summed E-state index contributed by atoms with van der Waals surface area (Å²) in [5.41, 5.74) is -0.317. The first kappa shape index (κ1) is 8.74. The number of aliphatic carboxylic acids is 1. The molecule has 0 bridgehead atoms. The molecule has 1 amide bonds. The number of amides is 1. The van der Waals surface area contributed by atoms with Gasteiger partial charge in [-0.25, -0.2) is 4.79 Å². The van der Waals surface area contributed by atoms with E-state index in [1.807, 2.05) is 0 Å². The van der Waals surface area contributed by atoms with Crippen molar-refractivity contribution in [2.45, 2.75) is 12.5 Å². The topological polar surface area (TPSA) is 66.4 Å². The molecular formula is C10H9NO3. The van der Waals surface area contributed by atoms with Crippen LogP contribution in [0.15, 0.2) is 24.3 Å². The zero-order valence-corrected chi connectivity index (χ0v) is 7.57. The minimum Gasteiger partial charge on any atom is -0.479 e. The molecule has 72 valence electrons. The molecule has 0 radical (unpaired) electrons. The van der Waals surface area contributed by atoms with Crippen LogP contribution in [0.25, 0.3) is 0 Å². The molecule has 4 heteroatoms. The maximum Gasteiger partial charge on any atom is 0.333 e. The van der Waals surface area contributed by atoms with Gasteiger partial charge >= 0.3 is 5.97 Å². The van der Waals surface area contributed by atoms with Gasteiger partial charge in [0, 0.05) is 11.1 Å². The molecule has 1 aromatic carbocycles. The second kappa shape index (κ2) is 2.57. The Bertz CT molecular complexity index is 427. The van der Waals surface area contributed by atoms with Crippen molar-refractivity contribution >= 4 is 11.9 Å². The maximum atomic E-state index is 11.4. The second-order valence-electron chi connectivity index (χ2n) is 3.43. The van der Waals surface area contributed by atoms with Crippen LogP contribution in [0, 0.1) is 0 Å². The molecule has 1 unspecified atom stereocenters. The molecule has 0 fully saturated rings. The smallest absolute Gasteiger partial charge is 0.333 e. The molecule has 0 saturated heterocycles. The molecule has 2 N–H and O–H groups in total. The fraction of sp³-hybridized carbons (Fsp3) is 0.200. The number of carboxylic acid groups (broad SMARTS) is 1. The Morgan fingerprint density at radius 1 is 1.43 bits per heavy atom. The highest BCUT2D eigenvalue weighted by Gasteiger charge is 2.44. The van der Waals surface area contributed by atoms with Crippen LogP contribution in [0.1, 0.15) is 22.8 Å². The van der Waals surface area contributed by atoms with Crippen LogP contribution in [-0.2, 0) is 10.3 Å². The molecule has 1 aromatic rings. The molecule has 0 aromatic heterocycles. The van der Waals surface area contributed by atoms with E-state index in [0.717, 1.165) is 0 Å². The van der Waals surface area contributed by atoms with Crippen molar-refractivity contribution in [1.29, 1.82) is 0 Å². The molecule has 4 nitrogen and oxygen atoms in total. The second-order valence-corrected chi connectivity index (χ2v) is 3.43. The van der Waals surface area contributed by atoms with Gasteiger partial charge < -0.3 is 10.4 Å². The summed E-state index contributed by atoms with van der Waals surface area (Å²) in [5, 5.41) is 11.5. The van der Waals surface area contributed by atoms with Crippen LogP contribution >= 0.6 is 0 Å². The van der Waals surface area contributed by atoms with Crippen LogP contribution in [0.4, 0.5) is 0 Å². The summed E-state index contributed by atoms with van der Waals surface area (Å²) in [6.45, 7) is 1.49. The van der Waals surface area contributed by atoms with Gasteiger partial charge in [-0.3, -0.25) is 4.79 Å². The van der Waals surface area contributed by atoms with Crippen molar-refractivity contribution in [2.75, 3.05) is 0 Å². The predicted octanol–water partition coefficient (Wildman–Crippen LogP) is 0.730. The Morgan fingerprint density at radius 3 is 2.71 bits per heavy atom. The van der Waals surface area contributed by atoms with E-state index in [4.69, 9.17) is 5.11 Å². The van der Waals surface area contributed by atoms with Crippen LogP contribution in [0.3, 0.4) is 0 Å².